The van der Waals surface area contributed by atoms with Gasteiger partial charge in [0.2, 0.25) is 0 Å². The van der Waals surface area contributed by atoms with Gasteiger partial charge in [-0.2, -0.15) is 0 Å². The number of para-hydroxylation sites is 1. The van der Waals surface area contributed by atoms with Crippen molar-refractivity contribution >= 4 is 32.5 Å². The molecule has 100 valence electrons. The third kappa shape index (κ3) is 2.60. The summed E-state index contributed by atoms with van der Waals surface area (Å²) in [5.74, 6) is 0.682. The Morgan fingerprint density at radius 1 is 1.10 bits per heavy atom. The first kappa shape index (κ1) is 12.9. The molecular formula is C16H13BrN2O. The average Bonchev–Trinajstić information content (AvgIpc) is 2.46. The summed E-state index contributed by atoms with van der Waals surface area (Å²) in [6, 6.07) is 15.6. The van der Waals surface area contributed by atoms with Gasteiger partial charge in [0.25, 0.3) is 0 Å². The van der Waals surface area contributed by atoms with Gasteiger partial charge >= 0.3 is 0 Å². The Labute approximate surface area is 125 Å². The van der Waals surface area contributed by atoms with Gasteiger partial charge in [-0.05, 0) is 24.3 Å². The predicted molar refractivity (Wildman–Crippen MR) is 84.6 cm³/mol. The molecule has 0 unspecified atom stereocenters. The van der Waals surface area contributed by atoms with Crippen LogP contribution in [-0.2, 0) is 6.61 Å². The fourth-order valence-electron chi connectivity index (χ4n) is 2.09. The number of hydrogen-bond acceptors (Lipinski definition) is 3. The summed E-state index contributed by atoms with van der Waals surface area (Å²) in [5, 5.41) is 1.11. The molecule has 0 aliphatic heterocycles. The summed E-state index contributed by atoms with van der Waals surface area (Å²) < 4.78 is 6.74. The Balaban J connectivity index is 1.87. The number of anilines is 1. The molecule has 0 bridgehead atoms. The van der Waals surface area contributed by atoms with Crippen LogP contribution in [0.5, 0.6) is 5.75 Å². The van der Waals surface area contributed by atoms with Gasteiger partial charge in [-0.3, -0.25) is 4.98 Å². The lowest BCUT2D eigenvalue weighted by atomic mass is 10.1. The first-order valence-electron chi connectivity index (χ1n) is 6.24. The molecule has 4 heteroatoms. The summed E-state index contributed by atoms with van der Waals surface area (Å²) in [6.07, 6.45) is 1.79. The van der Waals surface area contributed by atoms with Gasteiger partial charge in [0.05, 0.1) is 11.2 Å². The fourth-order valence-corrected chi connectivity index (χ4v) is 2.47. The Hall–Kier alpha value is -2.07. The normalized spacial score (nSPS) is 10.7. The minimum absolute atomic E-state index is 0.445. The smallest absolute Gasteiger partial charge is 0.142 e. The van der Waals surface area contributed by atoms with Crippen LogP contribution in [0, 0.1) is 0 Å². The van der Waals surface area contributed by atoms with E-state index in [9.17, 15) is 0 Å². The van der Waals surface area contributed by atoms with E-state index in [-0.39, 0.29) is 0 Å². The molecule has 3 nitrogen and oxygen atoms in total. The van der Waals surface area contributed by atoms with Crippen molar-refractivity contribution in [2.45, 2.75) is 6.61 Å². The lowest BCUT2D eigenvalue weighted by Gasteiger charge is -2.10. The topological polar surface area (TPSA) is 48.1 Å². The van der Waals surface area contributed by atoms with Crippen LogP contribution in [0.15, 0.2) is 59.2 Å². The number of nitrogens with two attached hydrogens (primary N) is 1. The van der Waals surface area contributed by atoms with Crippen molar-refractivity contribution in [1.82, 2.24) is 4.98 Å². The monoisotopic (exact) mass is 328 g/mol. The second-order valence-electron chi connectivity index (χ2n) is 4.46. The van der Waals surface area contributed by atoms with Gasteiger partial charge < -0.3 is 10.5 Å². The highest BCUT2D eigenvalue weighted by molar-refractivity contribution is 9.10. The van der Waals surface area contributed by atoms with E-state index < -0.39 is 0 Å². The molecule has 0 saturated heterocycles. The highest BCUT2D eigenvalue weighted by Crippen LogP contribution is 2.26. The largest absolute Gasteiger partial charge is 0.487 e. The zero-order valence-electron chi connectivity index (χ0n) is 10.7. The van der Waals surface area contributed by atoms with Crippen LogP contribution in [0.3, 0.4) is 0 Å². The molecule has 3 rings (SSSR count). The first-order valence-corrected chi connectivity index (χ1v) is 7.04. The number of hydrogen-bond donors (Lipinski definition) is 1. The van der Waals surface area contributed by atoms with Crippen LogP contribution in [0.2, 0.25) is 0 Å². The third-order valence-corrected chi connectivity index (χ3v) is 3.56. The van der Waals surface area contributed by atoms with E-state index in [1.54, 1.807) is 6.20 Å². The SMILES string of the molecule is Nc1cc(Br)ccc1OCc1cccc2cccnc12. The predicted octanol–water partition coefficient (Wildman–Crippen LogP) is 4.16. The molecule has 0 atom stereocenters. The Morgan fingerprint density at radius 2 is 1.95 bits per heavy atom. The molecule has 0 aliphatic carbocycles. The molecule has 2 N–H and O–H groups in total. The van der Waals surface area contributed by atoms with Crippen LogP contribution in [0.25, 0.3) is 10.9 Å². The lowest BCUT2D eigenvalue weighted by Crippen LogP contribution is -2.00. The van der Waals surface area contributed by atoms with Gasteiger partial charge in [0.1, 0.15) is 12.4 Å². The minimum Gasteiger partial charge on any atom is -0.487 e. The molecule has 0 spiro atoms. The first-order chi connectivity index (χ1) is 9.74. The summed E-state index contributed by atoms with van der Waals surface area (Å²) in [6.45, 7) is 0.445. The van der Waals surface area contributed by atoms with Crippen LogP contribution >= 0.6 is 15.9 Å². The van der Waals surface area contributed by atoms with Gasteiger partial charge in [-0.1, -0.05) is 40.2 Å². The van der Waals surface area contributed by atoms with Crippen LogP contribution in [-0.4, -0.2) is 4.98 Å². The zero-order chi connectivity index (χ0) is 13.9. The van der Waals surface area contributed by atoms with Crippen molar-refractivity contribution < 1.29 is 4.74 Å². The Morgan fingerprint density at radius 3 is 2.80 bits per heavy atom. The summed E-state index contributed by atoms with van der Waals surface area (Å²) in [7, 11) is 0. The molecule has 3 aromatic rings. The number of ether oxygens (including phenoxy) is 1. The van der Waals surface area contributed by atoms with Gasteiger partial charge in [0.15, 0.2) is 0 Å². The van der Waals surface area contributed by atoms with Gasteiger partial charge in [0, 0.05) is 21.6 Å². The lowest BCUT2D eigenvalue weighted by molar-refractivity contribution is 0.309. The van der Waals surface area contributed by atoms with Crippen molar-refractivity contribution in [3.05, 3.63) is 64.8 Å². The Kier molecular flexibility index (Phi) is 3.56. The molecule has 2 aromatic carbocycles. The molecule has 0 amide bonds. The molecule has 0 radical (unpaired) electrons. The maximum Gasteiger partial charge on any atom is 0.142 e. The maximum atomic E-state index is 5.93. The van der Waals surface area contributed by atoms with Crippen molar-refractivity contribution in [2.24, 2.45) is 0 Å². The van der Waals surface area contributed by atoms with Gasteiger partial charge in [-0.15, -0.1) is 0 Å². The standard InChI is InChI=1S/C16H13BrN2O/c17-13-6-7-15(14(18)9-13)20-10-12-4-1-3-11-5-2-8-19-16(11)12/h1-9H,10,18H2. The maximum absolute atomic E-state index is 5.93. The van der Waals surface area contributed by atoms with Crippen molar-refractivity contribution in [3.8, 4) is 5.75 Å². The number of pyridine rings is 1. The van der Waals surface area contributed by atoms with E-state index in [0.29, 0.717) is 18.0 Å². The number of rotatable bonds is 3. The molecule has 20 heavy (non-hydrogen) atoms. The minimum atomic E-state index is 0.445. The van der Waals surface area contributed by atoms with E-state index in [1.807, 2.05) is 48.5 Å². The fraction of sp³-hybridized carbons (Fsp3) is 0.0625. The van der Waals surface area contributed by atoms with Crippen LogP contribution in [0.1, 0.15) is 5.56 Å². The molecular weight excluding hydrogens is 316 g/mol. The third-order valence-electron chi connectivity index (χ3n) is 3.07. The number of nitrogen functional groups attached to an aromatic ring is 1. The summed E-state index contributed by atoms with van der Waals surface area (Å²) >= 11 is 3.38. The second-order valence-corrected chi connectivity index (χ2v) is 5.38. The zero-order valence-corrected chi connectivity index (χ0v) is 12.3. The summed E-state index contributed by atoms with van der Waals surface area (Å²) in [5.41, 5.74) is 8.56. The van der Waals surface area contributed by atoms with E-state index in [1.165, 1.54) is 0 Å². The van der Waals surface area contributed by atoms with Crippen LogP contribution < -0.4 is 10.5 Å². The molecule has 0 aliphatic rings. The van der Waals surface area contributed by atoms with Crippen molar-refractivity contribution in [3.63, 3.8) is 0 Å². The van der Waals surface area contributed by atoms with Crippen molar-refractivity contribution in [2.75, 3.05) is 5.73 Å². The number of aromatic nitrogens is 1. The molecule has 0 fully saturated rings. The number of benzene rings is 2. The highest BCUT2D eigenvalue weighted by atomic mass is 79.9. The molecule has 1 aromatic heterocycles. The van der Waals surface area contributed by atoms with Crippen LogP contribution in [0.4, 0.5) is 5.69 Å². The number of nitrogens with zero attached hydrogens (tertiary/aromatic N) is 1. The quantitative estimate of drug-likeness (QED) is 0.734. The van der Waals surface area contributed by atoms with E-state index >= 15 is 0 Å². The summed E-state index contributed by atoms with van der Waals surface area (Å²) in [4.78, 5) is 4.41. The average molecular weight is 329 g/mol. The van der Waals surface area contributed by atoms with E-state index in [4.69, 9.17) is 10.5 Å². The molecule has 1 heterocycles. The van der Waals surface area contributed by atoms with Gasteiger partial charge in [-0.25, -0.2) is 0 Å². The second kappa shape index (κ2) is 5.51. The molecule has 0 saturated carbocycles. The van der Waals surface area contributed by atoms with Crippen molar-refractivity contribution in [1.29, 1.82) is 0 Å². The highest BCUT2D eigenvalue weighted by Gasteiger charge is 2.05. The van der Waals surface area contributed by atoms with E-state index in [0.717, 1.165) is 20.9 Å². The number of fused-ring (bicyclic) bond motifs is 1. The van der Waals surface area contributed by atoms with E-state index in [2.05, 4.69) is 20.9 Å². The number of halogens is 1. The Bertz CT molecular complexity index is 753.